The number of hydrogen-bond acceptors (Lipinski definition) is 5. The Hall–Kier alpha value is -3.33. The third-order valence-electron chi connectivity index (χ3n) is 6.83. The molecule has 1 aliphatic heterocycles. The molecule has 1 amide bonds. The predicted octanol–water partition coefficient (Wildman–Crippen LogP) is 3.77. The predicted molar refractivity (Wildman–Crippen MR) is 129 cm³/mol. The van der Waals surface area contributed by atoms with E-state index < -0.39 is 0 Å². The number of likely N-dealkylation sites (N-methyl/N-ethyl adjacent to an activating group) is 1. The summed E-state index contributed by atoms with van der Waals surface area (Å²) in [4.78, 5) is 26.3. The SMILES string of the molecule is CNCC(=O)N1CCC(c2ncc3[nH]c(-c4cc(C)c5ncnn5c4)c(C(C)C)c3c2F)CC1. The van der Waals surface area contributed by atoms with Crippen LogP contribution in [-0.4, -0.2) is 62.1 Å². The molecule has 34 heavy (non-hydrogen) atoms. The van der Waals surface area contributed by atoms with E-state index in [-0.39, 0.29) is 23.6 Å². The summed E-state index contributed by atoms with van der Waals surface area (Å²) < 4.78 is 17.8. The molecule has 0 saturated carbocycles. The zero-order valence-corrected chi connectivity index (χ0v) is 20.0. The molecule has 0 aromatic carbocycles. The number of amides is 1. The van der Waals surface area contributed by atoms with Crippen molar-refractivity contribution in [2.75, 3.05) is 26.7 Å². The van der Waals surface area contributed by atoms with Crippen LogP contribution < -0.4 is 5.32 Å². The van der Waals surface area contributed by atoms with Crippen LogP contribution in [0.2, 0.25) is 0 Å². The van der Waals surface area contributed by atoms with Crippen molar-refractivity contribution >= 4 is 22.5 Å². The quantitative estimate of drug-likeness (QED) is 0.470. The topological polar surface area (TPSA) is 91.2 Å². The Kier molecular flexibility index (Phi) is 5.81. The smallest absolute Gasteiger partial charge is 0.236 e. The second-order valence-corrected chi connectivity index (χ2v) is 9.44. The molecule has 178 valence electrons. The summed E-state index contributed by atoms with van der Waals surface area (Å²) >= 11 is 0. The van der Waals surface area contributed by atoms with Crippen molar-refractivity contribution in [2.45, 2.75) is 45.4 Å². The van der Waals surface area contributed by atoms with Gasteiger partial charge in [0.15, 0.2) is 11.5 Å². The van der Waals surface area contributed by atoms with Crippen LogP contribution in [0.25, 0.3) is 27.8 Å². The zero-order valence-electron chi connectivity index (χ0n) is 20.0. The Balaban J connectivity index is 1.55. The number of fused-ring (bicyclic) bond motifs is 2. The number of carbonyl (C=O) groups is 1. The molecule has 4 aromatic rings. The standard InChI is InChI=1S/C25H30FN7O/c1-14(2)20-21-18(31-23(20)17-9-15(3)25-29-13-30-33(25)12-17)10-28-24(22(21)26)16-5-7-32(8-6-16)19(34)11-27-4/h9-10,12-14,16,27,31H,5-8,11H2,1-4H3. The Labute approximate surface area is 197 Å². The van der Waals surface area contributed by atoms with E-state index in [4.69, 9.17) is 0 Å². The Morgan fingerprint density at radius 2 is 2.06 bits per heavy atom. The van der Waals surface area contributed by atoms with Gasteiger partial charge in [0.05, 0.1) is 29.6 Å². The number of pyridine rings is 2. The maximum absolute atomic E-state index is 16.1. The first-order chi connectivity index (χ1) is 16.4. The minimum absolute atomic E-state index is 0.00450. The van der Waals surface area contributed by atoms with E-state index in [2.05, 4.69) is 45.3 Å². The largest absolute Gasteiger partial charge is 0.353 e. The number of hydrogen-bond donors (Lipinski definition) is 2. The normalized spacial score (nSPS) is 15.2. The number of likely N-dealkylation sites (tertiary alicyclic amines) is 1. The lowest BCUT2D eigenvalue weighted by molar-refractivity contribution is -0.131. The average molecular weight is 464 g/mol. The van der Waals surface area contributed by atoms with Gasteiger partial charge in [-0.2, -0.15) is 5.10 Å². The molecule has 5 heterocycles. The number of aromatic nitrogens is 5. The second kappa shape index (κ2) is 8.79. The molecule has 8 nitrogen and oxygen atoms in total. The average Bonchev–Trinajstić information content (AvgIpc) is 3.45. The number of aryl methyl sites for hydroxylation is 1. The summed E-state index contributed by atoms with van der Waals surface area (Å²) in [5, 5.41) is 7.81. The highest BCUT2D eigenvalue weighted by atomic mass is 19.1. The van der Waals surface area contributed by atoms with Gasteiger partial charge in [0.2, 0.25) is 5.91 Å². The van der Waals surface area contributed by atoms with Gasteiger partial charge >= 0.3 is 0 Å². The summed E-state index contributed by atoms with van der Waals surface area (Å²) in [5.41, 5.74) is 5.77. The van der Waals surface area contributed by atoms with Crippen LogP contribution in [0.1, 0.15) is 55.3 Å². The number of aromatic amines is 1. The van der Waals surface area contributed by atoms with E-state index in [1.165, 1.54) is 6.33 Å². The summed E-state index contributed by atoms with van der Waals surface area (Å²) in [6, 6.07) is 2.06. The minimum atomic E-state index is -0.248. The van der Waals surface area contributed by atoms with Gasteiger partial charge in [-0.1, -0.05) is 13.8 Å². The van der Waals surface area contributed by atoms with Crippen LogP contribution in [0.5, 0.6) is 0 Å². The third kappa shape index (κ3) is 3.73. The molecule has 0 spiro atoms. The van der Waals surface area contributed by atoms with Crippen molar-refractivity contribution < 1.29 is 9.18 Å². The van der Waals surface area contributed by atoms with Gasteiger partial charge in [-0.15, -0.1) is 0 Å². The lowest BCUT2D eigenvalue weighted by Gasteiger charge is -2.32. The molecule has 0 radical (unpaired) electrons. The number of rotatable bonds is 5. The molecule has 0 atom stereocenters. The highest BCUT2D eigenvalue weighted by molar-refractivity contribution is 5.92. The van der Waals surface area contributed by atoms with E-state index in [1.807, 2.05) is 18.0 Å². The van der Waals surface area contributed by atoms with E-state index in [0.717, 1.165) is 28.0 Å². The fraction of sp³-hybridized carbons (Fsp3) is 0.440. The molecule has 5 rings (SSSR count). The van der Waals surface area contributed by atoms with Crippen LogP contribution in [0.15, 0.2) is 24.8 Å². The van der Waals surface area contributed by atoms with Crippen LogP contribution in [0, 0.1) is 12.7 Å². The monoisotopic (exact) mass is 463 g/mol. The minimum Gasteiger partial charge on any atom is -0.353 e. The summed E-state index contributed by atoms with van der Waals surface area (Å²) in [7, 11) is 1.77. The maximum Gasteiger partial charge on any atom is 0.236 e. The third-order valence-corrected chi connectivity index (χ3v) is 6.83. The number of halogens is 1. The number of nitrogens with zero attached hydrogens (tertiary/aromatic N) is 5. The van der Waals surface area contributed by atoms with Crippen molar-refractivity contribution in [3.63, 3.8) is 0 Å². The molecule has 0 aliphatic carbocycles. The van der Waals surface area contributed by atoms with Gasteiger partial charge in [-0.05, 0) is 49.9 Å². The van der Waals surface area contributed by atoms with Crippen LogP contribution in [0.4, 0.5) is 4.39 Å². The first-order valence-corrected chi connectivity index (χ1v) is 11.8. The molecular weight excluding hydrogens is 433 g/mol. The highest BCUT2D eigenvalue weighted by Gasteiger charge is 2.29. The lowest BCUT2D eigenvalue weighted by Crippen LogP contribution is -2.42. The molecular formula is C25H30FN7O. The van der Waals surface area contributed by atoms with Crippen molar-refractivity contribution in [1.82, 2.24) is 34.8 Å². The molecule has 1 aliphatic rings. The maximum atomic E-state index is 16.1. The molecule has 4 aromatic heterocycles. The number of H-pyrrole nitrogens is 1. The number of nitrogens with one attached hydrogen (secondary N) is 2. The Morgan fingerprint density at radius 1 is 1.29 bits per heavy atom. The van der Waals surface area contributed by atoms with E-state index in [1.54, 1.807) is 17.8 Å². The molecule has 1 saturated heterocycles. The molecule has 0 unspecified atom stereocenters. The fourth-order valence-electron chi connectivity index (χ4n) is 5.17. The van der Waals surface area contributed by atoms with E-state index in [0.29, 0.717) is 49.1 Å². The Bertz CT molecular complexity index is 1360. The van der Waals surface area contributed by atoms with Crippen LogP contribution >= 0.6 is 0 Å². The lowest BCUT2D eigenvalue weighted by atomic mass is 9.90. The van der Waals surface area contributed by atoms with Crippen molar-refractivity contribution in [3.05, 3.63) is 47.4 Å². The molecule has 0 bridgehead atoms. The zero-order chi connectivity index (χ0) is 24.0. The first kappa shape index (κ1) is 22.5. The van der Waals surface area contributed by atoms with Gasteiger partial charge in [0.25, 0.3) is 0 Å². The fourth-order valence-corrected chi connectivity index (χ4v) is 5.17. The van der Waals surface area contributed by atoms with Crippen LogP contribution in [0.3, 0.4) is 0 Å². The van der Waals surface area contributed by atoms with Gasteiger partial charge in [-0.25, -0.2) is 13.9 Å². The van der Waals surface area contributed by atoms with Crippen molar-refractivity contribution in [3.8, 4) is 11.3 Å². The van der Waals surface area contributed by atoms with Crippen molar-refractivity contribution in [1.29, 1.82) is 0 Å². The van der Waals surface area contributed by atoms with Gasteiger partial charge < -0.3 is 15.2 Å². The molecule has 1 fully saturated rings. The molecule has 2 N–H and O–H groups in total. The van der Waals surface area contributed by atoms with E-state index >= 15 is 4.39 Å². The molecule has 9 heteroatoms. The number of carbonyl (C=O) groups excluding carboxylic acids is 1. The van der Waals surface area contributed by atoms with Crippen LogP contribution in [-0.2, 0) is 4.79 Å². The van der Waals surface area contributed by atoms with Crippen molar-refractivity contribution in [2.24, 2.45) is 0 Å². The number of piperidine rings is 1. The van der Waals surface area contributed by atoms with Gasteiger partial charge in [-0.3, -0.25) is 9.78 Å². The summed E-state index contributed by atoms with van der Waals surface area (Å²) in [6.07, 6.45) is 6.63. The highest BCUT2D eigenvalue weighted by Crippen LogP contribution is 2.39. The second-order valence-electron chi connectivity index (χ2n) is 9.44. The summed E-state index contributed by atoms with van der Waals surface area (Å²) in [6.45, 7) is 7.73. The Morgan fingerprint density at radius 3 is 2.76 bits per heavy atom. The summed E-state index contributed by atoms with van der Waals surface area (Å²) in [5.74, 6) is -0.0690. The van der Waals surface area contributed by atoms with E-state index in [9.17, 15) is 4.79 Å². The van der Waals surface area contributed by atoms with Gasteiger partial charge in [0.1, 0.15) is 6.33 Å². The van der Waals surface area contributed by atoms with Gasteiger partial charge in [0, 0.05) is 36.2 Å². The first-order valence-electron chi connectivity index (χ1n) is 11.8.